The Kier molecular flexibility index (Phi) is 7.10. The Balaban J connectivity index is 1.71. The molecule has 2 N–H and O–H groups in total. The molecule has 0 aliphatic heterocycles. The second kappa shape index (κ2) is 10.1. The number of carbonyl (C=O) groups is 2. The average Bonchev–Trinajstić information content (AvgIpc) is 2.78. The molecule has 2 aromatic carbocycles. The number of nitrogens with zero attached hydrogens (tertiary/aromatic N) is 3. The fourth-order valence-electron chi connectivity index (χ4n) is 2.94. The van der Waals surface area contributed by atoms with Crippen LogP contribution >= 0.6 is 0 Å². The third-order valence-corrected chi connectivity index (χ3v) is 4.64. The number of esters is 1. The molecule has 0 saturated heterocycles. The monoisotopic (exact) mass is 422 g/mol. The van der Waals surface area contributed by atoms with Gasteiger partial charge in [0.25, 0.3) is 0 Å². The molecule has 1 heterocycles. The molecule has 0 unspecified atom stereocenters. The smallest absolute Gasteiger partial charge is 0.326 e. The van der Waals surface area contributed by atoms with Gasteiger partial charge in [-0.15, -0.1) is 0 Å². The molecule has 0 saturated carbocycles. The molecule has 0 radical (unpaired) electrons. The molecule has 1 aromatic heterocycles. The van der Waals surface area contributed by atoms with Crippen LogP contribution in [-0.2, 0) is 20.9 Å². The van der Waals surface area contributed by atoms with Crippen molar-refractivity contribution < 1.29 is 24.2 Å². The highest BCUT2D eigenvalue weighted by atomic mass is 16.5. The third kappa shape index (κ3) is 5.75. The lowest BCUT2D eigenvalue weighted by atomic mass is 9.97. The molecule has 9 heteroatoms. The molecule has 3 aromatic rings. The van der Waals surface area contributed by atoms with E-state index in [0.29, 0.717) is 0 Å². The first kappa shape index (κ1) is 21.7. The van der Waals surface area contributed by atoms with Crippen molar-refractivity contribution >= 4 is 17.9 Å². The summed E-state index contributed by atoms with van der Waals surface area (Å²) in [5.41, 5.74) is 4.25. The standard InChI is InChI=1S/C22H22N4O5/c1-14-16(9-6-10-17(14)15-7-4-3-5-8-15)12-31-22-24-13-23-21(26-22)25-18(20(28)29)11-19(27)30-2/h3-10,13,18H,11-12H2,1-2H3,(H,28,29)(H,23,24,25,26)/t18-/m1/s1. The maximum Gasteiger partial charge on any atom is 0.326 e. The van der Waals surface area contributed by atoms with Crippen molar-refractivity contribution in [3.8, 4) is 17.1 Å². The number of methoxy groups -OCH3 is 1. The molecule has 9 nitrogen and oxygen atoms in total. The molecule has 3 rings (SSSR count). The predicted octanol–water partition coefficient (Wildman–Crippen LogP) is 2.85. The summed E-state index contributed by atoms with van der Waals surface area (Å²) in [6.45, 7) is 2.24. The molecule has 0 spiro atoms. The number of ether oxygens (including phenoxy) is 2. The van der Waals surface area contributed by atoms with Gasteiger partial charge in [0.1, 0.15) is 19.0 Å². The van der Waals surface area contributed by atoms with Crippen molar-refractivity contribution in [3.63, 3.8) is 0 Å². The van der Waals surface area contributed by atoms with Crippen LogP contribution in [0.2, 0.25) is 0 Å². The van der Waals surface area contributed by atoms with Gasteiger partial charge in [0.15, 0.2) is 0 Å². The quantitative estimate of drug-likeness (QED) is 0.501. The second-order valence-electron chi connectivity index (χ2n) is 6.65. The van der Waals surface area contributed by atoms with E-state index in [-0.39, 0.29) is 25.0 Å². The van der Waals surface area contributed by atoms with Crippen molar-refractivity contribution in [2.24, 2.45) is 0 Å². The summed E-state index contributed by atoms with van der Waals surface area (Å²) in [6, 6.07) is 14.8. The number of carbonyl (C=O) groups excluding carboxylic acids is 1. The topological polar surface area (TPSA) is 124 Å². The first-order valence-electron chi connectivity index (χ1n) is 9.50. The van der Waals surface area contributed by atoms with Gasteiger partial charge in [-0.3, -0.25) is 4.79 Å². The molecule has 0 aliphatic carbocycles. The highest BCUT2D eigenvalue weighted by Crippen LogP contribution is 2.26. The molecule has 0 fully saturated rings. The van der Waals surface area contributed by atoms with E-state index in [4.69, 9.17) is 4.74 Å². The van der Waals surface area contributed by atoms with Gasteiger partial charge in [-0.25, -0.2) is 9.78 Å². The van der Waals surface area contributed by atoms with Crippen molar-refractivity contribution in [2.75, 3.05) is 12.4 Å². The molecule has 0 aliphatic rings. The fourth-order valence-corrected chi connectivity index (χ4v) is 2.94. The average molecular weight is 422 g/mol. The van der Waals surface area contributed by atoms with E-state index in [1.807, 2.05) is 55.5 Å². The number of anilines is 1. The van der Waals surface area contributed by atoms with Gasteiger partial charge < -0.3 is 19.9 Å². The minimum atomic E-state index is -1.24. The number of benzene rings is 2. The van der Waals surface area contributed by atoms with Crippen molar-refractivity contribution in [1.29, 1.82) is 0 Å². The molecule has 1 atom stereocenters. The molecule has 0 amide bonds. The Labute approximate surface area is 179 Å². The van der Waals surface area contributed by atoms with E-state index >= 15 is 0 Å². The minimum absolute atomic E-state index is 0.0175. The summed E-state index contributed by atoms with van der Waals surface area (Å²) in [6.07, 6.45) is 0.828. The lowest BCUT2D eigenvalue weighted by molar-refractivity contribution is -0.146. The molecule has 31 heavy (non-hydrogen) atoms. The van der Waals surface area contributed by atoms with Crippen LogP contribution in [0.1, 0.15) is 17.5 Å². The Morgan fingerprint density at radius 3 is 2.58 bits per heavy atom. The van der Waals surface area contributed by atoms with Crippen LogP contribution in [-0.4, -0.2) is 45.1 Å². The zero-order valence-electron chi connectivity index (χ0n) is 17.1. The number of nitrogens with one attached hydrogen (secondary N) is 1. The van der Waals surface area contributed by atoms with Gasteiger partial charge in [0.05, 0.1) is 13.5 Å². The van der Waals surface area contributed by atoms with Gasteiger partial charge in [0, 0.05) is 0 Å². The number of aromatic nitrogens is 3. The largest absolute Gasteiger partial charge is 0.480 e. The zero-order valence-corrected chi connectivity index (χ0v) is 17.1. The summed E-state index contributed by atoms with van der Waals surface area (Å²) in [7, 11) is 1.19. The third-order valence-electron chi connectivity index (χ3n) is 4.64. The van der Waals surface area contributed by atoms with Crippen LogP contribution in [0.5, 0.6) is 6.01 Å². The van der Waals surface area contributed by atoms with Crippen LogP contribution in [0.25, 0.3) is 11.1 Å². The lowest BCUT2D eigenvalue weighted by Crippen LogP contribution is -2.33. The van der Waals surface area contributed by atoms with Crippen LogP contribution in [0.15, 0.2) is 54.9 Å². The van der Waals surface area contributed by atoms with E-state index in [2.05, 4.69) is 25.0 Å². The Bertz CT molecular complexity index is 1060. The van der Waals surface area contributed by atoms with Gasteiger partial charge in [-0.05, 0) is 29.2 Å². The predicted molar refractivity (Wildman–Crippen MR) is 112 cm³/mol. The van der Waals surface area contributed by atoms with E-state index in [0.717, 1.165) is 22.3 Å². The van der Waals surface area contributed by atoms with Crippen molar-refractivity contribution in [3.05, 3.63) is 66.0 Å². The van der Waals surface area contributed by atoms with E-state index < -0.39 is 18.0 Å². The summed E-state index contributed by atoms with van der Waals surface area (Å²) < 4.78 is 10.2. The second-order valence-corrected chi connectivity index (χ2v) is 6.65. The number of carboxylic acids is 1. The van der Waals surface area contributed by atoms with E-state index in [1.165, 1.54) is 13.4 Å². The molecular weight excluding hydrogens is 400 g/mol. The van der Waals surface area contributed by atoms with E-state index in [9.17, 15) is 14.7 Å². The van der Waals surface area contributed by atoms with Gasteiger partial charge in [0.2, 0.25) is 5.95 Å². The number of carboxylic acid groups (broad SMARTS) is 1. The van der Waals surface area contributed by atoms with Crippen molar-refractivity contribution in [1.82, 2.24) is 15.0 Å². The first-order chi connectivity index (χ1) is 15.0. The number of hydrogen-bond donors (Lipinski definition) is 2. The van der Waals surface area contributed by atoms with Crippen LogP contribution in [0, 0.1) is 6.92 Å². The van der Waals surface area contributed by atoms with E-state index in [1.54, 1.807) is 0 Å². The molecule has 0 bridgehead atoms. The van der Waals surface area contributed by atoms with Crippen molar-refractivity contribution in [2.45, 2.75) is 26.0 Å². The summed E-state index contributed by atoms with van der Waals surface area (Å²) in [5.74, 6) is -1.92. The Morgan fingerprint density at radius 1 is 1.10 bits per heavy atom. The Morgan fingerprint density at radius 2 is 1.87 bits per heavy atom. The summed E-state index contributed by atoms with van der Waals surface area (Å²) in [5, 5.41) is 11.9. The number of rotatable bonds is 9. The highest BCUT2D eigenvalue weighted by molar-refractivity contribution is 5.83. The van der Waals surface area contributed by atoms with Crippen LogP contribution < -0.4 is 10.1 Å². The fraction of sp³-hybridized carbons (Fsp3) is 0.227. The normalized spacial score (nSPS) is 11.4. The maximum atomic E-state index is 11.4. The lowest BCUT2D eigenvalue weighted by Gasteiger charge is -2.14. The maximum absolute atomic E-state index is 11.4. The zero-order chi connectivity index (χ0) is 22.2. The summed E-state index contributed by atoms with van der Waals surface area (Å²) in [4.78, 5) is 34.7. The summed E-state index contributed by atoms with van der Waals surface area (Å²) >= 11 is 0. The van der Waals surface area contributed by atoms with Gasteiger partial charge in [-0.1, -0.05) is 48.5 Å². The number of aliphatic carboxylic acids is 1. The van der Waals surface area contributed by atoms with Crippen LogP contribution in [0.4, 0.5) is 5.95 Å². The van der Waals surface area contributed by atoms with Crippen LogP contribution in [0.3, 0.4) is 0 Å². The van der Waals surface area contributed by atoms with Gasteiger partial charge >= 0.3 is 17.9 Å². The first-order valence-corrected chi connectivity index (χ1v) is 9.50. The SMILES string of the molecule is COC(=O)C[C@@H](Nc1ncnc(OCc2cccc(-c3ccccc3)c2C)n1)C(=O)O. The number of hydrogen-bond acceptors (Lipinski definition) is 8. The Hall–Kier alpha value is -4.01. The highest BCUT2D eigenvalue weighted by Gasteiger charge is 2.23. The minimum Gasteiger partial charge on any atom is -0.480 e. The molecule has 160 valence electrons. The molecular formula is C22H22N4O5. The van der Waals surface area contributed by atoms with Gasteiger partial charge in [-0.2, -0.15) is 9.97 Å².